The quantitative estimate of drug-likeness (QED) is 0.349. The van der Waals surface area contributed by atoms with E-state index in [0.29, 0.717) is 10.8 Å². The molecule has 184 valence electrons. The van der Waals surface area contributed by atoms with Gasteiger partial charge < -0.3 is 19.5 Å². The molecule has 0 amide bonds. The zero-order chi connectivity index (χ0) is 25.3. The Kier molecular flexibility index (Phi) is 6.38. The largest absolute Gasteiger partial charge is 0.497 e. The van der Waals surface area contributed by atoms with Crippen molar-refractivity contribution in [1.82, 2.24) is 14.9 Å². The van der Waals surface area contributed by atoms with Crippen molar-refractivity contribution in [3.63, 3.8) is 0 Å². The van der Waals surface area contributed by atoms with E-state index in [2.05, 4.69) is 25.7 Å². The van der Waals surface area contributed by atoms with E-state index in [4.69, 9.17) is 17.0 Å². The number of rotatable bonds is 7. The molecule has 4 aromatic rings. The van der Waals surface area contributed by atoms with Gasteiger partial charge in [-0.3, -0.25) is 9.71 Å². The molecule has 2 aromatic carbocycles. The average Bonchev–Trinajstić information content (AvgIpc) is 3.48. The van der Waals surface area contributed by atoms with Crippen molar-refractivity contribution in [1.29, 1.82) is 0 Å². The van der Waals surface area contributed by atoms with Crippen LogP contribution in [0.15, 0.2) is 91.3 Å². The summed E-state index contributed by atoms with van der Waals surface area (Å²) in [7, 11) is -1.73. The van der Waals surface area contributed by atoms with Gasteiger partial charge >= 0.3 is 0 Å². The van der Waals surface area contributed by atoms with Gasteiger partial charge in [0.2, 0.25) is 10.0 Å². The fourth-order valence-electron chi connectivity index (χ4n) is 4.45. The van der Waals surface area contributed by atoms with Gasteiger partial charge in [0.05, 0.1) is 25.1 Å². The van der Waals surface area contributed by atoms with Gasteiger partial charge in [0, 0.05) is 35.1 Å². The Hall–Kier alpha value is -3.89. The first-order chi connectivity index (χ1) is 17.3. The third-order valence-electron chi connectivity index (χ3n) is 5.98. The summed E-state index contributed by atoms with van der Waals surface area (Å²) in [5.74, 6) is 0.784. The summed E-state index contributed by atoms with van der Waals surface area (Å²) >= 11 is 5.81. The third-order valence-corrected chi connectivity index (χ3v) is 6.90. The summed E-state index contributed by atoms with van der Waals surface area (Å²) < 4.78 is 33.2. The highest BCUT2D eigenvalue weighted by molar-refractivity contribution is 7.92. The van der Waals surface area contributed by atoms with Crippen LogP contribution in [0.4, 0.5) is 11.4 Å². The van der Waals surface area contributed by atoms with Gasteiger partial charge in [-0.15, -0.1) is 0 Å². The number of hydrogen-bond acceptors (Lipinski definition) is 5. The second-order valence-corrected chi connectivity index (χ2v) is 10.6. The van der Waals surface area contributed by atoms with Crippen LogP contribution in [-0.4, -0.2) is 36.4 Å². The number of sulfonamides is 1. The van der Waals surface area contributed by atoms with E-state index < -0.39 is 10.0 Å². The van der Waals surface area contributed by atoms with Crippen LogP contribution in [0.5, 0.6) is 5.75 Å². The van der Waals surface area contributed by atoms with Crippen molar-refractivity contribution in [2.45, 2.75) is 12.1 Å². The molecule has 0 aliphatic carbocycles. The molecule has 5 rings (SSSR count). The van der Waals surface area contributed by atoms with Crippen molar-refractivity contribution in [2.75, 3.05) is 23.0 Å². The molecule has 8 nitrogen and oxygen atoms in total. The molecule has 0 saturated carbocycles. The topological polar surface area (TPSA) is 88.5 Å². The smallest absolute Gasteiger partial charge is 0.229 e. The Balaban J connectivity index is 1.59. The van der Waals surface area contributed by atoms with E-state index in [1.807, 2.05) is 71.8 Å². The van der Waals surface area contributed by atoms with E-state index in [1.54, 1.807) is 25.4 Å². The fourth-order valence-corrected chi connectivity index (χ4v) is 5.36. The van der Waals surface area contributed by atoms with Crippen molar-refractivity contribution in [3.8, 4) is 11.4 Å². The lowest BCUT2D eigenvalue weighted by Gasteiger charge is -2.29. The van der Waals surface area contributed by atoms with Gasteiger partial charge in [0.15, 0.2) is 5.11 Å². The molecule has 0 unspecified atom stereocenters. The van der Waals surface area contributed by atoms with Gasteiger partial charge in [-0.05, 0) is 85.0 Å². The summed E-state index contributed by atoms with van der Waals surface area (Å²) in [4.78, 5) is 6.66. The first-order valence-corrected chi connectivity index (χ1v) is 13.5. The number of thiocarbonyl (C=S) groups is 1. The van der Waals surface area contributed by atoms with Crippen LogP contribution in [0.1, 0.15) is 23.5 Å². The number of methoxy groups -OCH3 is 1. The van der Waals surface area contributed by atoms with Crippen LogP contribution in [0.2, 0.25) is 0 Å². The summed E-state index contributed by atoms with van der Waals surface area (Å²) in [6, 6.07) is 24.5. The zero-order valence-corrected chi connectivity index (χ0v) is 21.3. The Bertz CT molecular complexity index is 1470. The molecule has 3 heterocycles. The highest BCUT2D eigenvalue weighted by Gasteiger charge is 2.42. The maximum atomic E-state index is 11.6. The van der Waals surface area contributed by atoms with Crippen molar-refractivity contribution < 1.29 is 13.2 Å². The lowest BCUT2D eigenvalue weighted by Crippen LogP contribution is -2.30. The van der Waals surface area contributed by atoms with Gasteiger partial charge in [-0.2, -0.15) is 0 Å². The first kappa shape index (κ1) is 23.8. The molecule has 36 heavy (non-hydrogen) atoms. The van der Waals surface area contributed by atoms with Crippen LogP contribution >= 0.6 is 12.2 Å². The summed E-state index contributed by atoms with van der Waals surface area (Å²) in [5, 5.41) is 4.01. The second-order valence-electron chi connectivity index (χ2n) is 8.42. The number of ether oxygens (including phenoxy) is 1. The molecule has 0 spiro atoms. The molecular weight excluding hydrogens is 494 g/mol. The normalized spacial score (nSPS) is 17.6. The predicted octanol–water partition coefficient (Wildman–Crippen LogP) is 4.43. The number of aromatic nitrogens is 2. The van der Waals surface area contributed by atoms with Crippen LogP contribution in [0.25, 0.3) is 5.69 Å². The summed E-state index contributed by atoms with van der Waals surface area (Å²) in [6.45, 7) is 0. The van der Waals surface area contributed by atoms with Gasteiger partial charge in [0.25, 0.3) is 0 Å². The lowest BCUT2D eigenvalue weighted by atomic mass is 10.0. The molecule has 1 aliphatic heterocycles. The molecule has 2 atom stereocenters. The average molecular weight is 520 g/mol. The van der Waals surface area contributed by atoms with Crippen LogP contribution < -0.4 is 19.7 Å². The Labute approximate surface area is 215 Å². The van der Waals surface area contributed by atoms with Gasteiger partial charge in [-0.1, -0.05) is 6.07 Å². The molecule has 2 aromatic heterocycles. The number of nitrogens with zero attached hydrogens (tertiary/aromatic N) is 3. The fraction of sp³-hybridized carbons (Fsp3) is 0.154. The zero-order valence-electron chi connectivity index (χ0n) is 19.7. The van der Waals surface area contributed by atoms with Gasteiger partial charge in [-0.25, -0.2) is 8.42 Å². The van der Waals surface area contributed by atoms with E-state index in [-0.39, 0.29) is 12.1 Å². The molecule has 0 radical (unpaired) electrons. The van der Waals surface area contributed by atoms with E-state index in [0.717, 1.165) is 34.8 Å². The maximum absolute atomic E-state index is 11.6. The molecule has 1 fully saturated rings. The van der Waals surface area contributed by atoms with E-state index >= 15 is 0 Å². The maximum Gasteiger partial charge on any atom is 0.229 e. The predicted molar refractivity (Wildman–Crippen MR) is 145 cm³/mol. The monoisotopic (exact) mass is 519 g/mol. The Morgan fingerprint density at radius 3 is 2.33 bits per heavy atom. The molecule has 0 bridgehead atoms. The van der Waals surface area contributed by atoms with Crippen molar-refractivity contribution >= 4 is 38.7 Å². The van der Waals surface area contributed by atoms with E-state index in [1.165, 1.54) is 0 Å². The van der Waals surface area contributed by atoms with Gasteiger partial charge in [0.1, 0.15) is 11.8 Å². The highest BCUT2D eigenvalue weighted by Crippen LogP contribution is 2.42. The van der Waals surface area contributed by atoms with Crippen LogP contribution in [0, 0.1) is 0 Å². The SMILES string of the molecule is COc1ccc(-n2cccc2[C@H]2[C@H](c3ccccn3)NC(=S)N2c2ccc(NS(C)(=O)=O)cc2)cc1. The van der Waals surface area contributed by atoms with Crippen LogP contribution in [0.3, 0.4) is 0 Å². The molecule has 2 N–H and O–H groups in total. The van der Waals surface area contributed by atoms with E-state index in [9.17, 15) is 8.42 Å². The van der Waals surface area contributed by atoms with Crippen molar-refractivity contribution in [3.05, 3.63) is 103 Å². The first-order valence-electron chi connectivity index (χ1n) is 11.2. The second kappa shape index (κ2) is 9.63. The van der Waals surface area contributed by atoms with Crippen LogP contribution in [-0.2, 0) is 10.0 Å². The number of anilines is 2. The minimum atomic E-state index is -3.37. The Morgan fingerprint density at radius 2 is 1.69 bits per heavy atom. The molecule has 10 heteroatoms. The minimum absolute atomic E-state index is 0.209. The highest BCUT2D eigenvalue weighted by atomic mass is 32.2. The summed E-state index contributed by atoms with van der Waals surface area (Å²) in [5.41, 5.74) is 4.18. The molecule has 1 saturated heterocycles. The standard InChI is InChI=1S/C26H25N5O3S2/c1-34-21-14-12-19(13-15-21)30-17-5-7-23(30)25-24(22-6-3-4-16-27-22)28-26(35)31(25)20-10-8-18(9-11-20)29-36(2,32)33/h3-17,24-25,29H,1-2H3,(H,28,35)/t24-,25-/m0/s1. The number of nitrogens with one attached hydrogen (secondary N) is 2. The number of benzene rings is 2. The third kappa shape index (κ3) is 4.77. The Morgan fingerprint density at radius 1 is 0.972 bits per heavy atom. The minimum Gasteiger partial charge on any atom is -0.497 e. The summed E-state index contributed by atoms with van der Waals surface area (Å²) in [6.07, 6.45) is 4.92. The molecular formula is C26H25N5O3S2. The lowest BCUT2D eigenvalue weighted by molar-refractivity contribution is 0.414. The molecule has 1 aliphatic rings. The van der Waals surface area contributed by atoms with Crippen molar-refractivity contribution in [2.24, 2.45) is 0 Å². The number of hydrogen-bond donors (Lipinski definition) is 2. The number of pyridine rings is 1.